The average Bonchev–Trinajstić information content (AvgIpc) is 3.33. The van der Waals surface area contributed by atoms with Crippen LogP contribution in [0.5, 0.6) is 0 Å². The fourth-order valence-corrected chi connectivity index (χ4v) is 4.34. The number of benzene rings is 1. The summed E-state index contributed by atoms with van der Waals surface area (Å²) >= 11 is 0. The van der Waals surface area contributed by atoms with E-state index in [1.807, 2.05) is 6.07 Å². The minimum atomic E-state index is 0.746. The Labute approximate surface area is 164 Å². The Balaban J connectivity index is 1.54. The molecule has 5 rings (SSSR count). The van der Waals surface area contributed by atoms with Crippen LogP contribution in [0.3, 0.4) is 0 Å². The summed E-state index contributed by atoms with van der Waals surface area (Å²) < 4.78 is 6.32. The van der Waals surface area contributed by atoms with Crippen molar-refractivity contribution in [3.63, 3.8) is 0 Å². The summed E-state index contributed by atoms with van der Waals surface area (Å²) in [6, 6.07) is 10.5. The van der Waals surface area contributed by atoms with E-state index in [1.165, 1.54) is 24.8 Å². The summed E-state index contributed by atoms with van der Waals surface area (Å²) in [7, 11) is 0. The molecule has 1 aliphatic carbocycles. The first-order valence-corrected chi connectivity index (χ1v) is 10.1. The Hall–Kier alpha value is -2.79. The molecule has 3 heterocycles. The van der Waals surface area contributed by atoms with Gasteiger partial charge in [0.05, 0.1) is 6.54 Å². The van der Waals surface area contributed by atoms with Gasteiger partial charge < -0.3 is 9.83 Å². The molecular formula is C23H24N4O. The monoisotopic (exact) mass is 372 g/mol. The predicted octanol–water partition coefficient (Wildman–Crippen LogP) is 4.70. The normalized spacial score (nSPS) is 17.1. The van der Waals surface area contributed by atoms with E-state index < -0.39 is 0 Å². The number of hydrogen-bond acceptors (Lipinski definition) is 5. The number of furan rings is 1. The summed E-state index contributed by atoms with van der Waals surface area (Å²) in [5.74, 6) is 1.79. The highest BCUT2D eigenvalue weighted by molar-refractivity contribution is 6.03. The molecule has 0 unspecified atom stereocenters. The first-order chi connectivity index (χ1) is 13.8. The maximum absolute atomic E-state index is 8.09. The second-order valence-corrected chi connectivity index (χ2v) is 7.74. The number of rotatable bonds is 4. The van der Waals surface area contributed by atoms with Crippen LogP contribution in [0.25, 0.3) is 22.6 Å². The summed E-state index contributed by atoms with van der Waals surface area (Å²) in [4.78, 5) is 10.9. The second-order valence-electron chi connectivity index (χ2n) is 7.74. The van der Waals surface area contributed by atoms with Crippen molar-refractivity contribution < 1.29 is 4.42 Å². The Morgan fingerprint density at radius 2 is 1.89 bits per heavy atom. The second kappa shape index (κ2) is 7.32. The van der Waals surface area contributed by atoms with Crippen LogP contribution in [0.1, 0.15) is 42.6 Å². The van der Waals surface area contributed by atoms with Gasteiger partial charge in [-0.3, -0.25) is 4.90 Å². The fourth-order valence-electron chi connectivity index (χ4n) is 4.34. The van der Waals surface area contributed by atoms with Crippen molar-refractivity contribution in [2.75, 3.05) is 13.1 Å². The molecule has 1 saturated heterocycles. The lowest BCUT2D eigenvalue weighted by molar-refractivity contribution is 0.206. The molecule has 2 aliphatic rings. The number of aromatic nitrogens is 2. The molecule has 1 aromatic carbocycles. The van der Waals surface area contributed by atoms with E-state index in [0.717, 1.165) is 72.1 Å². The molecule has 3 aromatic rings. The summed E-state index contributed by atoms with van der Waals surface area (Å²) in [5, 5.41) is 8.09. The molecular weight excluding hydrogens is 348 g/mol. The summed E-state index contributed by atoms with van der Waals surface area (Å²) in [6.45, 7) is 3.12. The smallest absolute Gasteiger partial charge is 0.160 e. The van der Waals surface area contributed by atoms with Gasteiger partial charge in [0.2, 0.25) is 0 Å². The highest BCUT2D eigenvalue weighted by Gasteiger charge is 2.21. The van der Waals surface area contributed by atoms with Crippen molar-refractivity contribution in [3.05, 3.63) is 59.7 Å². The Morgan fingerprint density at radius 3 is 2.71 bits per heavy atom. The van der Waals surface area contributed by atoms with E-state index in [0.29, 0.717) is 0 Å². The third-order valence-electron chi connectivity index (χ3n) is 5.81. The third kappa shape index (κ3) is 3.27. The number of nitrogens with one attached hydrogen (secondary N) is 1. The number of hydrogen-bond donors (Lipinski definition) is 1. The molecule has 0 bridgehead atoms. The summed E-state index contributed by atoms with van der Waals surface area (Å²) in [6.07, 6.45) is 8.97. The number of fused-ring (bicyclic) bond motifs is 1. The van der Waals surface area contributed by atoms with Gasteiger partial charge in [0, 0.05) is 17.5 Å². The molecule has 5 heteroatoms. The average molecular weight is 372 g/mol. The zero-order valence-electron chi connectivity index (χ0n) is 15.9. The molecule has 0 radical (unpaired) electrons. The van der Waals surface area contributed by atoms with Crippen LogP contribution < -0.4 is 0 Å². The Bertz CT molecular complexity index is 1000. The van der Waals surface area contributed by atoms with Gasteiger partial charge in [-0.25, -0.2) is 9.97 Å². The lowest BCUT2D eigenvalue weighted by Gasteiger charge is -2.25. The van der Waals surface area contributed by atoms with Crippen LogP contribution in [0, 0.1) is 5.41 Å². The number of piperidine rings is 1. The first-order valence-electron chi connectivity index (χ1n) is 10.1. The lowest BCUT2D eigenvalue weighted by atomic mass is 9.99. The standard InChI is InChI=1S/C23H24N4O/c24-21-7-5-16-12-17(4-6-19(16)21)20-13-18(14-27-10-2-1-3-11-27)28-23(20)22-8-9-25-15-26-22/h4,6,8-9,12-13,15,24H,1-3,5,7,10-11,14H2. The van der Waals surface area contributed by atoms with E-state index in [2.05, 4.69) is 39.1 Å². The van der Waals surface area contributed by atoms with E-state index in [1.54, 1.807) is 12.5 Å². The van der Waals surface area contributed by atoms with Crippen LogP contribution in [0.2, 0.25) is 0 Å². The zero-order chi connectivity index (χ0) is 18.9. The molecule has 1 aliphatic heterocycles. The molecule has 1 N–H and O–H groups in total. The van der Waals surface area contributed by atoms with Crippen LogP contribution in [-0.2, 0) is 13.0 Å². The molecule has 0 atom stereocenters. The zero-order valence-corrected chi connectivity index (χ0v) is 15.9. The van der Waals surface area contributed by atoms with Gasteiger partial charge in [0.15, 0.2) is 5.76 Å². The minimum Gasteiger partial charge on any atom is -0.457 e. The van der Waals surface area contributed by atoms with E-state index >= 15 is 0 Å². The number of nitrogens with zero attached hydrogens (tertiary/aromatic N) is 3. The van der Waals surface area contributed by atoms with E-state index in [4.69, 9.17) is 9.83 Å². The van der Waals surface area contributed by atoms with Crippen LogP contribution in [0.4, 0.5) is 0 Å². The van der Waals surface area contributed by atoms with Gasteiger partial charge in [0.1, 0.15) is 17.8 Å². The third-order valence-corrected chi connectivity index (χ3v) is 5.81. The van der Waals surface area contributed by atoms with Crippen molar-refractivity contribution in [3.8, 4) is 22.6 Å². The van der Waals surface area contributed by atoms with Gasteiger partial charge in [0.25, 0.3) is 0 Å². The molecule has 1 fully saturated rings. The van der Waals surface area contributed by atoms with Crippen molar-refractivity contribution in [1.82, 2.24) is 14.9 Å². The molecule has 5 nitrogen and oxygen atoms in total. The van der Waals surface area contributed by atoms with Crippen molar-refractivity contribution in [2.24, 2.45) is 0 Å². The maximum atomic E-state index is 8.09. The number of likely N-dealkylation sites (tertiary alicyclic amines) is 1. The first kappa shape index (κ1) is 17.3. The highest BCUT2D eigenvalue weighted by Crippen LogP contribution is 2.37. The van der Waals surface area contributed by atoms with Gasteiger partial charge in [-0.05, 0) is 67.6 Å². The van der Waals surface area contributed by atoms with Gasteiger partial charge in [-0.15, -0.1) is 0 Å². The predicted molar refractivity (Wildman–Crippen MR) is 109 cm³/mol. The maximum Gasteiger partial charge on any atom is 0.160 e. The van der Waals surface area contributed by atoms with Crippen LogP contribution in [-0.4, -0.2) is 33.7 Å². The van der Waals surface area contributed by atoms with Crippen molar-refractivity contribution >= 4 is 5.71 Å². The minimum absolute atomic E-state index is 0.746. The molecule has 0 spiro atoms. The summed E-state index contributed by atoms with van der Waals surface area (Å²) in [5.41, 5.74) is 6.11. The molecule has 0 saturated carbocycles. The Morgan fingerprint density at radius 1 is 1.00 bits per heavy atom. The highest BCUT2D eigenvalue weighted by atomic mass is 16.3. The molecule has 2 aromatic heterocycles. The van der Waals surface area contributed by atoms with Gasteiger partial charge >= 0.3 is 0 Å². The van der Waals surface area contributed by atoms with Crippen LogP contribution in [0.15, 0.2) is 47.3 Å². The van der Waals surface area contributed by atoms with Crippen LogP contribution >= 0.6 is 0 Å². The molecule has 28 heavy (non-hydrogen) atoms. The quantitative estimate of drug-likeness (QED) is 0.721. The van der Waals surface area contributed by atoms with Gasteiger partial charge in [-0.2, -0.15) is 0 Å². The van der Waals surface area contributed by atoms with Crippen molar-refractivity contribution in [1.29, 1.82) is 5.41 Å². The topological polar surface area (TPSA) is 66.0 Å². The number of aryl methyl sites for hydroxylation is 1. The van der Waals surface area contributed by atoms with Crippen molar-refractivity contribution in [2.45, 2.75) is 38.6 Å². The van der Waals surface area contributed by atoms with E-state index in [-0.39, 0.29) is 0 Å². The lowest BCUT2D eigenvalue weighted by Crippen LogP contribution is -2.28. The molecule has 0 amide bonds. The Kier molecular flexibility index (Phi) is 4.53. The fraction of sp³-hybridized carbons (Fsp3) is 0.348. The molecule has 142 valence electrons. The van der Waals surface area contributed by atoms with Gasteiger partial charge in [-0.1, -0.05) is 24.6 Å². The SMILES string of the molecule is N=C1CCc2cc(-c3cc(CN4CCCCC4)oc3-c3ccncn3)ccc21. The van der Waals surface area contributed by atoms with E-state index in [9.17, 15) is 0 Å². The largest absolute Gasteiger partial charge is 0.457 e.